The molecule has 1 heterocycles. The number of nitrogens with one attached hydrogen (secondary N) is 2. The molecule has 0 saturated heterocycles. The van der Waals surface area contributed by atoms with E-state index < -0.39 is 11.2 Å². The fourth-order valence-electron chi connectivity index (χ4n) is 2.62. The largest absolute Gasteiger partial charge is 0.383 e. The second-order valence-electron chi connectivity index (χ2n) is 6.32. The highest BCUT2D eigenvalue weighted by atomic mass is 32.1. The molecule has 0 saturated carbocycles. The number of H-pyrrole nitrogens is 1. The van der Waals surface area contributed by atoms with Crippen molar-refractivity contribution in [2.45, 2.75) is 39.8 Å². The topological polar surface area (TPSA) is 96.2 Å². The summed E-state index contributed by atoms with van der Waals surface area (Å²) in [6.07, 6.45) is 0.761. The van der Waals surface area contributed by atoms with E-state index in [2.05, 4.69) is 10.3 Å². The molecule has 8 heteroatoms. The van der Waals surface area contributed by atoms with Gasteiger partial charge in [0.2, 0.25) is 0 Å². The molecule has 0 bridgehead atoms. The van der Waals surface area contributed by atoms with Crippen molar-refractivity contribution in [1.29, 1.82) is 0 Å². The third-order valence-electron chi connectivity index (χ3n) is 3.77. The van der Waals surface area contributed by atoms with Crippen LogP contribution in [0.5, 0.6) is 0 Å². The molecule has 0 aliphatic rings. The van der Waals surface area contributed by atoms with Gasteiger partial charge in [0, 0.05) is 12.6 Å². The predicted octanol–water partition coefficient (Wildman–Crippen LogP) is 1.67. The van der Waals surface area contributed by atoms with Crippen LogP contribution in [0, 0.1) is 0 Å². The number of nitrogen functional groups attached to an aromatic ring is 1. The summed E-state index contributed by atoms with van der Waals surface area (Å²) in [6.45, 7) is 6.67. The first-order valence-electron chi connectivity index (χ1n) is 8.59. The van der Waals surface area contributed by atoms with E-state index in [0.717, 1.165) is 12.0 Å². The van der Waals surface area contributed by atoms with E-state index in [9.17, 15) is 9.59 Å². The quantitative estimate of drug-likeness (QED) is 0.665. The van der Waals surface area contributed by atoms with Gasteiger partial charge in [-0.05, 0) is 38.0 Å². The average Bonchev–Trinajstić information content (AvgIpc) is 2.58. The minimum absolute atomic E-state index is 0.101. The summed E-state index contributed by atoms with van der Waals surface area (Å²) in [5, 5.41) is 3.53. The van der Waals surface area contributed by atoms with Crippen molar-refractivity contribution in [2.24, 2.45) is 0 Å². The van der Waals surface area contributed by atoms with E-state index in [1.165, 1.54) is 4.57 Å². The molecule has 0 spiro atoms. The van der Waals surface area contributed by atoms with E-state index in [0.29, 0.717) is 11.7 Å². The predicted molar refractivity (Wildman–Crippen MR) is 110 cm³/mol. The molecule has 0 fully saturated rings. The highest BCUT2D eigenvalue weighted by Crippen LogP contribution is 2.18. The third-order valence-corrected chi connectivity index (χ3v) is 4.11. The summed E-state index contributed by atoms with van der Waals surface area (Å²) in [7, 11) is 0. The fraction of sp³-hybridized carbons (Fsp3) is 0.389. The van der Waals surface area contributed by atoms with Crippen LogP contribution >= 0.6 is 12.2 Å². The molecule has 0 aliphatic carbocycles. The van der Waals surface area contributed by atoms with Crippen LogP contribution in [0.1, 0.15) is 32.8 Å². The number of benzene rings is 1. The van der Waals surface area contributed by atoms with Crippen LogP contribution in [-0.4, -0.2) is 27.3 Å². The molecule has 4 N–H and O–H groups in total. The molecule has 140 valence electrons. The van der Waals surface area contributed by atoms with Crippen molar-refractivity contribution in [3.8, 4) is 0 Å². The lowest BCUT2D eigenvalue weighted by molar-refractivity contribution is 0.712. The van der Waals surface area contributed by atoms with Gasteiger partial charge >= 0.3 is 5.69 Å². The maximum absolute atomic E-state index is 12.5. The van der Waals surface area contributed by atoms with Crippen LogP contribution in [0.25, 0.3) is 0 Å². The molecule has 0 radical (unpaired) electrons. The summed E-state index contributed by atoms with van der Waals surface area (Å²) in [4.78, 5) is 28.8. The lowest BCUT2D eigenvalue weighted by atomic mass is 10.2. The lowest BCUT2D eigenvalue weighted by Gasteiger charge is -2.27. The zero-order chi connectivity index (χ0) is 19.3. The Labute approximate surface area is 157 Å². The van der Waals surface area contributed by atoms with Gasteiger partial charge in [0.1, 0.15) is 5.82 Å². The molecule has 0 amide bonds. The first kappa shape index (κ1) is 19.7. The molecular formula is C18H25N5O2S. The van der Waals surface area contributed by atoms with Gasteiger partial charge in [0.05, 0.1) is 6.54 Å². The van der Waals surface area contributed by atoms with Crippen molar-refractivity contribution < 1.29 is 0 Å². The molecule has 26 heavy (non-hydrogen) atoms. The Kier molecular flexibility index (Phi) is 6.57. The Morgan fingerprint density at radius 1 is 1.31 bits per heavy atom. The minimum atomic E-state index is -0.543. The van der Waals surface area contributed by atoms with Crippen molar-refractivity contribution in [3.63, 3.8) is 0 Å². The van der Waals surface area contributed by atoms with E-state index in [1.807, 2.05) is 51.1 Å². The van der Waals surface area contributed by atoms with Gasteiger partial charge in [-0.25, -0.2) is 4.79 Å². The minimum Gasteiger partial charge on any atom is -0.383 e. The monoisotopic (exact) mass is 375 g/mol. The van der Waals surface area contributed by atoms with Crippen molar-refractivity contribution in [2.75, 3.05) is 17.2 Å². The lowest BCUT2D eigenvalue weighted by Crippen LogP contribution is -2.47. The molecule has 0 unspecified atom stereocenters. The normalized spacial score (nSPS) is 10.8. The molecule has 0 atom stereocenters. The van der Waals surface area contributed by atoms with Crippen LogP contribution in [0.3, 0.4) is 0 Å². The highest BCUT2D eigenvalue weighted by Gasteiger charge is 2.22. The summed E-state index contributed by atoms with van der Waals surface area (Å²) in [6, 6.07) is 9.56. The Hall–Kier alpha value is -2.61. The van der Waals surface area contributed by atoms with Gasteiger partial charge < -0.3 is 16.0 Å². The van der Waals surface area contributed by atoms with Gasteiger partial charge in [0.15, 0.2) is 10.8 Å². The summed E-state index contributed by atoms with van der Waals surface area (Å²) in [5.74, 6) is 0.101. The van der Waals surface area contributed by atoms with Crippen LogP contribution < -0.4 is 27.2 Å². The third kappa shape index (κ3) is 4.51. The van der Waals surface area contributed by atoms with Gasteiger partial charge in [0.25, 0.3) is 5.56 Å². The van der Waals surface area contributed by atoms with Crippen LogP contribution in [0.15, 0.2) is 39.9 Å². The summed E-state index contributed by atoms with van der Waals surface area (Å²) >= 11 is 5.44. The van der Waals surface area contributed by atoms with Crippen LogP contribution in [0.2, 0.25) is 0 Å². The molecular weight excluding hydrogens is 350 g/mol. The highest BCUT2D eigenvalue weighted by molar-refractivity contribution is 7.80. The number of nitrogens with zero attached hydrogens (tertiary/aromatic N) is 2. The molecule has 0 aliphatic heterocycles. The number of nitrogens with two attached hydrogens (primary N) is 1. The summed E-state index contributed by atoms with van der Waals surface area (Å²) in [5.41, 5.74) is 6.26. The van der Waals surface area contributed by atoms with E-state index in [1.54, 1.807) is 4.90 Å². The van der Waals surface area contributed by atoms with Crippen molar-refractivity contribution in [3.05, 3.63) is 56.7 Å². The maximum atomic E-state index is 12.5. The molecule has 2 rings (SSSR count). The molecule has 1 aromatic heterocycles. The molecule has 2 aromatic rings. The first-order valence-corrected chi connectivity index (χ1v) is 9.00. The maximum Gasteiger partial charge on any atom is 0.330 e. The number of aromatic amines is 1. The first-order chi connectivity index (χ1) is 12.3. The van der Waals surface area contributed by atoms with Crippen molar-refractivity contribution >= 4 is 28.8 Å². The Bertz CT molecular complexity index is 873. The average molecular weight is 375 g/mol. The Morgan fingerprint density at radius 2 is 1.96 bits per heavy atom. The van der Waals surface area contributed by atoms with Gasteiger partial charge in [-0.15, -0.1) is 0 Å². The van der Waals surface area contributed by atoms with E-state index in [4.69, 9.17) is 18.0 Å². The van der Waals surface area contributed by atoms with Gasteiger partial charge in [-0.2, -0.15) is 0 Å². The zero-order valence-electron chi connectivity index (χ0n) is 15.3. The van der Waals surface area contributed by atoms with Crippen LogP contribution in [-0.2, 0) is 6.54 Å². The standard InChI is InChI=1S/C18H25N5O2S/c1-4-10-22(18(26)20-12(2)3)14-15(19)23(17(25)21-16(14)24)11-13-8-6-5-7-9-13/h5-9,12H,4,10-11,19H2,1-3H3,(H,20,26)(H,21,24,25). The van der Waals surface area contributed by atoms with Crippen LogP contribution in [0.4, 0.5) is 11.5 Å². The van der Waals surface area contributed by atoms with Gasteiger partial charge in [-0.3, -0.25) is 14.3 Å². The Balaban J connectivity index is 2.53. The SMILES string of the molecule is CCCN(C(=S)NC(C)C)c1c(N)n(Cc2ccccc2)c(=O)[nH]c1=O. The smallest absolute Gasteiger partial charge is 0.330 e. The number of rotatable bonds is 6. The molecule has 7 nitrogen and oxygen atoms in total. The second kappa shape index (κ2) is 8.66. The van der Waals surface area contributed by atoms with Gasteiger partial charge in [-0.1, -0.05) is 37.3 Å². The van der Waals surface area contributed by atoms with E-state index >= 15 is 0 Å². The number of hydrogen-bond acceptors (Lipinski definition) is 4. The number of thiocarbonyl (C=S) groups is 1. The zero-order valence-corrected chi connectivity index (χ0v) is 16.1. The Morgan fingerprint density at radius 3 is 2.54 bits per heavy atom. The van der Waals surface area contributed by atoms with E-state index in [-0.39, 0.29) is 24.1 Å². The second-order valence-corrected chi connectivity index (χ2v) is 6.71. The number of hydrogen-bond donors (Lipinski definition) is 3. The van der Waals surface area contributed by atoms with Crippen molar-refractivity contribution in [1.82, 2.24) is 14.9 Å². The summed E-state index contributed by atoms with van der Waals surface area (Å²) < 4.78 is 1.35. The fourth-order valence-corrected chi connectivity index (χ4v) is 3.04. The number of anilines is 2. The number of aromatic nitrogens is 2. The molecule has 1 aromatic carbocycles.